The van der Waals surface area contributed by atoms with Gasteiger partial charge in [-0.15, -0.1) is 0 Å². The summed E-state index contributed by atoms with van der Waals surface area (Å²) in [5.74, 6) is 0.817. The van der Waals surface area contributed by atoms with Gasteiger partial charge < -0.3 is 9.80 Å². The molecule has 2 aromatic rings. The molecular weight excluding hydrogens is 352 g/mol. The van der Waals surface area contributed by atoms with Crippen molar-refractivity contribution in [3.05, 3.63) is 35.7 Å². The van der Waals surface area contributed by atoms with E-state index in [0.29, 0.717) is 17.9 Å². The lowest BCUT2D eigenvalue weighted by Gasteiger charge is -2.32. The minimum absolute atomic E-state index is 0.104. The van der Waals surface area contributed by atoms with E-state index in [0.717, 1.165) is 63.8 Å². The third-order valence-electron chi connectivity index (χ3n) is 6.20. The Bertz CT molecular complexity index is 845. The number of carbonyl (C=O) groups excluding carboxylic acids is 2. The van der Waals surface area contributed by atoms with Crippen LogP contribution in [0.5, 0.6) is 0 Å². The first-order valence-electron chi connectivity index (χ1n) is 10.7. The van der Waals surface area contributed by atoms with Gasteiger partial charge in [-0.3, -0.25) is 9.59 Å². The number of hydrogen-bond donors (Lipinski definition) is 0. The second kappa shape index (κ2) is 8.33. The average molecular weight is 383 g/mol. The molecule has 6 nitrogen and oxygen atoms in total. The molecule has 0 bridgehead atoms. The molecule has 2 aliphatic rings. The van der Waals surface area contributed by atoms with Crippen molar-refractivity contribution < 1.29 is 9.59 Å². The SMILES string of the molecule is CCCC(=O)N1CCC(c2ccn3ncc(C(=O)N4CCCCC4)c3c2)CC1. The van der Waals surface area contributed by atoms with Crippen molar-refractivity contribution in [2.45, 2.75) is 57.8 Å². The van der Waals surface area contributed by atoms with E-state index in [1.165, 1.54) is 12.0 Å². The molecule has 4 heterocycles. The molecule has 2 saturated heterocycles. The maximum Gasteiger partial charge on any atom is 0.257 e. The van der Waals surface area contributed by atoms with Crippen LogP contribution in [0, 0.1) is 0 Å². The van der Waals surface area contributed by atoms with Crippen LogP contribution >= 0.6 is 0 Å². The fourth-order valence-electron chi connectivity index (χ4n) is 4.52. The predicted molar refractivity (Wildman–Crippen MR) is 108 cm³/mol. The topological polar surface area (TPSA) is 57.9 Å². The molecule has 2 amide bonds. The highest BCUT2D eigenvalue weighted by molar-refractivity contribution is 6.00. The number of likely N-dealkylation sites (tertiary alicyclic amines) is 2. The zero-order chi connectivity index (χ0) is 19.5. The van der Waals surface area contributed by atoms with Crippen LogP contribution in [-0.2, 0) is 4.79 Å². The summed E-state index contributed by atoms with van der Waals surface area (Å²) >= 11 is 0. The molecule has 0 saturated carbocycles. The molecule has 2 fully saturated rings. The number of pyridine rings is 1. The van der Waals surface area contributed by atoms with E-state index in [1.807, 2.05) is 22.9 Å². The first kappa shape index (κ1) is 19.0. The monoisotopic (exact) mass is 382 g/mol. The van der Waals surface area contributed by atoms with Crippen LogP contribution < -0.4 is 0 Å². The Morgan fingerprint density at radius 2 is 1.82 bits per heavy atom. The smallest absolute Gasteiger partial charge is 0.257 e. The van der Waals surface area contributed by atoms with Crippen LogP contribution in [0.2, 0.25) is 0 Å². The van der Waals surface area contributed by atoms with Gasteiger partial charge in [0.1, 0.15) is 0 Å². The highest BCUT2D eigenvalue weighted by Gasteiger charge is 2.25. The Labute approximate surface area is 166 Å². The summed E-state index contributed by atoms with van der Waals surface area (Å²) < 4.78 is 1.81. The Hall–Kier alpha value is -2.37. The minimum atomic E-state index is 0.104. The molecule has 2 aliphatic heterocycles. The fourth-order valence-corrected chi connectivity index (χ4v) is 4.52. The molecule has 6 heteroatoms. The van der Waals surface area contributed by atoms with Gasteiger partial charge in [0, 0.05) is 38.8 Å². The lowest BCUT2D eigenvalue weighted by Crippen LogP contribution is -2.37. The Morgan fingerprint density at radius 1 is 1.07 bits per heavy atom. The quantitative estimate of drug-likeness (QED) is 0.814. The van der Waals surface area contributed by atoms with Gasteiger partial charge in [-0.2, -0.15) is 5.10 Å². The third-order valence-corrected chi connectivity index (χ3v) is 6.20. The first-order valence-corrected chi connectivity index (χ1v) is 10.7. The summed E-state index contributed by atoms with van der Waals surface area (Å²) in [5, 5.41) is 4.39. The Kier molecular flexibility index (Phi) is 5.64. The summed E-state index contributed by atoms with van der Waals surface area (Å²) in [5.41, 5.74) is 2.86. The fraction of sp³-hybridized carbons (Fsp3) is 0.591. The van der Waals surface area contributed by atoms with Crippen molar-refractivity contribution in [1.29, 1.82) is 0 Å². The van der Waals surface area contributed by atoms with Gasteiger partial charge in [0.25, 0.3) is 5.91 Å². The molecule has 4 rings (SSSR count). The van der Waals surface area contributed by atoms with Crippen molar-refractivity contribution in [3.63, 3.8) is 0 Å². The number of fused-ring (bicyclic) bond motifs is 1. The summed E-state index contributed by atoms with van der Waals surface area (Å²) in [6.45, 7) is 5.40. The summed E-state index contributed by atoms with van der Waals surface area (Å²) in [7, 11) is 0. The van der Waals surface area contributed by atoms with E-state index in [9.17, 15) is 9.59 Å². The van der Waals surface area contributed by atoms with E-state index < -0.39 is 0 Å². The molecule has 2 aromatic heterocycles. The third kappa shape index (κ3) is 3.77. The largest absolute Gasteiger partial charge is 0.343 e. The lowest BCUT2D eigenvalue weighted by atomic mass is 9.89. The molecule has 150 valence electrons. The summed E-state index contributed by atoms with van der Waals surface area (Å²) in [4.78, 5) is 29.1. The average Bonchev–Trinajstić information content (AvgIpc) is 3.17. The van der Waals surface area contributed by atoms with Crippen LogP contribution in [-0.4, -0.2) is 57.4 Å². The number of aromatic nitrogens is 2. The highest BCUT2D eigenvalue weighted by Crippen LogP contribution is 2.30. The van der Waals surface area contributed by atoms with Crippen molar-refractivity contribution >= 4 is 17.3 Å². The van der Waals surface area contributed by atoms with E-state index in [-0.39, 0.29) is 11.8 Å². The predicted octanol–water partition coefficient (Wildman–Crippen LogP) is 3.47. The van der Waals surface area contributed by atoms with E-state index >= 15 is 0 Å². The zero-order valence-electron chi connectivity index (χ0n) is 16.8. The van der Waals surface area contributed by atoms with Gasteiger partial charge in [-0.1, -0.05) is 6.92 Å². The van der Waals surface area contributed by atoms with Gasteiger partial charge in [0.15, 0.2) is 0 Å². The molecule has 0 atom stereocenters. The van der Waals surface area contributed by atoms with Gasteiger partial charge in [0.2, 0.25) is 5.91 Å². The normalized spacial score (nSPS) is 18.6. The number of rotatable bonds is 4. The molecule has 0 spiro atoms. The van der Waals surface area contributed by atoms with Crippen LogP contribution in [0.1, 0.15) is 73.7 Å². The number of carbonyl (C=O) groups is 2. The van der Waals surface area contributed by atoms with Gasteiger partial charge in [-0.05, 0) is 62.1 Å². The molecule has 0 aromatic carbocycles. The van der Waals surface area contributed by atoms with Crippen molar-refractivity contribution in [2.75, 3.05) is 26.2 Å². The van der Waals surface area contributed by atoms with Crippen LogP contribution in [0.3, 0.4) is 0 Å². The zero-order valence-corrected chi connectivity index (χ0v) is 16.8. The Morgan fingerprint density at radius 3 is 2.54 bits per heavy atom. The first-order chi connectivity index (χ1) is 13.7. The standard InChI is InChI=1S/C22H30N4O2/c1-2-6-21(27)24-12-7-17(8-13-24)18-9-14-26-20(15-18)19(16-23-26)22(28)25-10-4-3-5-11-25/h9,14-17H,2-8,10-13H2,1H3. The minimum Gasteiger partial charge on any atom is -0.343 e. The number of hydrogen-bond acceptors (Lipinski definition) is 3. The lowest BCUT2D eigenvalue weighted by molar-refractivity contribution is -0.132. The molecular formula is C22H30N4O2. The van der Waals surface area contributed by atoms with Gasteiger partial charge in [0.05, 0.1) is 17.3 Å². The molecule has 0 radical (unpaired) electrons. The van der Waals surface area contributed by atoms with Gasteiger partial charge >= 0.3 is 0 Å². The van der Waals surface area contributed by atoms with Crippen molar-refractivity contribution in [3.8, 4) is 0 Å². The molecule has 0 unspecified atom stereocenters. The molecule has 28 heavy (non-hydrogen) atoms. The number of piperidine rings is 2. The Balaban J connectivity index is 1.50. The van der Waals surface area contributed by atoms with E-state index in [1.54, 1.807) is 10.7 Å². The second-order valence-electron chi connectivity index (χ2n) is 8.11. The maximum atomic E-state index is 13.0. The number of amides is 2. The van der Waals surface area contributed by atoms with Crippen LogP contribution in [0.25, 0.3) is 5.52 Å². The van der Waals surface area contributed by atoms with Gasteiger partial charge in [-0.25, -0.2) is 4.52 Å². The van der Waals surface area contributed by atoms with E-state index in [4.69, 9.17) is 0 Å². The van der Waals surface area contributed by atoms with E-state index in [2.05, 4.69) is 17.2 Å². The maximum absolute atomic E-state index is 13.0. The van der Waals surface area contributed by atoms with Crippen LogP contribution in [0.4, 0.5) is 0 Å². The van der Waals surface area contributed by atoms with Crippen LogP contribution in [0.15, 0.2) is 24.5 Å². The molecule has 0 N–H and O–H groups in total. The molecule has 0 aliphatic carbocycles. The number of nitrogens with zero attached hydrogens (tertiary/aromatic N) is 4. The summed E-state index contributed by atoms with van der Waals surface area (Å²) in [6.07, 6.45) is 10.6. The van der Waals surface area contributed by atoms with Crippen molar-refractivity contribution in [1.82, 2.24) is 19.4 Å². The second-order valence-corrected chi connectivity index (χ2v) is 8.11. The summed E-state index contributed by atoms with van der Waals surface area (Å²) in [6, 6.07) is 4.25. The highest BCUT2D eigenvalue weighted by atomic mass is 16.2. The van der Waals surface area contributed by atoms with Crippen molar-refractivity contribution in [2.24, 2.45) is 0 Å².